The van der Waals surface area contributed by atoms with Crippen molar-refractivity contribution < 1.29 is 4.79 Å². The molecule has 4 rings (SSSR count). The zero-order chi connectivity index (χ0) is 21.1. The van der Waals surface area contributed by atoms with Gasteiger partial charge in [-0.3, -0.25) is 4.79 Å². The molecule has 152 valence electrons. The Hall–Kier alpha value is -3.19. The Labute approximate surface area is 179 Å². The molecule has 3 aromatic carbocycles. The smallest absolute Gasteiger partial charge is 0.237 e. The van der Waals surface area contributed by atoms with Crippen molar-refractivity contribution in [2.75, 3.05) is 17.2 Å². The number of fused-ring (bicyclic) bond motifs is 1. The van der Waals surface area contributed by atoms with E-state index in [1.807, 2.05) is 62.1 Å². The van der Waals surface area contributed by atoms with Gasteiger partial charge in [0.25, 0.3) is 0 Å². The van der Waals surface area contributed by atoms with Crippen LogP contribution in [0.15, 0.2) is 65.8 Å². The van der Waals surface area contributed by atoms with Crippen molar-refractivity contribution in [3.8, 4) is 5.69 Å². The SMILES string of the molecule is CCN(C(=O)CSc1nnnn1-c1cc(C)ccc1C)c1cccc2ccccc12. The van der Waals surface area contributed by atoms with E-state index >= 15 is 0 Å². The van der Waals surface area contributed by atoms with Gasteiger partial charge in [-0.25, -0.2) is 0 Å². The molecule has 6 nitrogen and oxygen atoms in total. The molecule has 30 heavy (non-hydrogen) atoms. The molecule has 0 bridgehead atoms. The van der Waals surface area contributed by atoms with Crippen LogP contribution in [0, 0.1) is 13.8 Å². The first-order valence-corrected chi connectivity index (χ1v) is 10.8. The maximum Gasteiger partial charge on any atom is 0.237 e. The first-order valence-electron chi connectivity index (χ1n) is 9.85. The molecule has 0 radical (unpaired) electrons. The fourth-order valence-corrected chi connectivity index (χ4v) is 4.26. The van der Waals surface area contributed by atoms with E-state index in [4.69, 9.17) is 0 Å². The molecule has 0 aliphatic rings. The Bertz CT molecular complexity index is 1200. The second kappa shape index (κ2) is 8.67. The van der Waals surface area contributed by atoms with Crippen LogP contribution in [0.25, 0.3) is 16.5 Å². The number of tetrazole rings is 1. The highest BCUT2D eigenvalue weighted by Gasteiger charge is 2.19. The number of rotatable bonds is 6. The van der Waals surface area contributed by atoms with Crippen LogP contribution in [0.1, 0.15) is 18.1 Å². The highest BCUT2D eigenvalue weighted by molar-refractivity contribution is 7.99. The zero-order valence-electron chi connectivity index (χ0n) is 17.2. The van der Waals surface area contributed by atoms with Crippen LogP contribution in [-0.4, -0.2) is 38.4 Å². The Kier molecular flexibility index (Phi) is 5.81. The average molecular weight is 418 g/mol. The number of amides is 1. The number of hydrogen-bond donors (Lipinski definition) is 0. The molecule has 0 N–H and O–H groups in total. The maximum absolute atomic E-state index is 13.1. The summed E-state index contributed by atoms with van der Waals surface area (Å²) in [7, 11) is 0. The van der Waals surface area contributed by atoms with Gasteiger partial charge >= 0.3 is 0 Å². The molecule has 0 aliphatic heterocycles. The second-order valence-electron chi connectivity index (χ2n) is 7.09. The number of anilines is 1. The van der Waals surface area contributed by atoms with Crippen molar-refractivity contribution >= 4 is 34.1 Å². The van der Waals surface area contributed by atoms with Gasteiger partial charge in [0.1, 0.15) is 0 Å². The molecule has 1 aromatic heterocycles. The minimum absolute atomic E-state index is 0.0226. The summed E-state index contributed by atoms with van der Waals surface area (Å²) >= 11 is 1.35. The Morgan fingerprint density at radius 2 is 1.87 bits per heavy atom. The first-order chi connectivity index (χ1) is 14.6. The third kappa shape index (κ3) is 3.93. The first kappa shape index (κ1) is 20.1. The molecule has 0 aliphatic carbocycles. The fourth-order valence-electron chi connectivity index (χ4n) is 3.50. The Morgan fingerprint density at radius 3 is 2.70 bits per heavy atom. The lowest BCUT2D eigenvalue weighted by Crippen LogP contribution is -2.32. The molecule has 0 atom stereocenters. The molecule has 0 unspecified atom stereocenters. The lowest BCUT2D eigenvalue weighted by atomic mass is 10.1. The lowest BCUT2D eigenvalue weighted by molar-refractivity contribution is -0.116. The number of nitrogens with zero attached hydrogens (tertiary/aromatic N) is 5. The Balaban J connectivity index is 1.56. The number of hydrogen-bond acceptors (Lipinski definition) is 5. The van der Waals surface area contributed by atoms with Crippen LogP contribution in [0.4, 0.5) is 5.69 Å². The number of carbonyl (C=O) groups excluding carboxylic acids is 1. The lowest BCUT2D eigenvalue weighted by Gasteiger charge is -2.22. The number of aromatic nitrogens is 4. The van der Waals surface area contributed by atoms with Crippen LogP contribution >= 0.6 is 11.8 Å². The maximum atomic E-state index is 13.1. The Morgan fingerprint density at radius 1 is 1.07 bits per heavy atom. The quantitative estimate of drug-likeness (QED) is 0.430. The summed E-state index contributed by atoms with van der Waals surface area (Å²) in [5.74, 6) is 0.275. The minimum Gasteiger partial charge on any atom is -0.311 e. The highest BCUT2D eigenvalue weighted by atomic mass is 32.2. The second-order valence-corrected chi connectivity index (χ2v) is 8.03. The summed E-state index contributed by atoms with van der Waals surface area (Å²) in [4.78, 5) is 14.9. The topological polar surface area (TPSA) is 63.9 Å². The van der Waals surface area contributed by atoms with E-state index in [9.17, 15) is 4.79 Å². The number of aryl methyl sites for hydroxylation is 2. The largest absolute Gasteiger partial charge is 0.311 e. The van der Waals surface area contributed by atoms with Gasteiger partial charge in [0.15, 0.2) is 0 Å². The van der Waals surface area contributed by atoms with Crippen molar-refractivity contribution in [2.45, 2.75) is 25.9 Å². The van der Waals surface area contributed by atoms with Gasteiger partial charge in [0.2, 0.25) is 11.1 Å². The van der Waals surface area contributed by atoms with Gasteiger partial charge in [-0.05, 0) is 59.8 Å². The summed E-state index contributed by atoms with van der Waals surface area (Å²) in [5, 5.41) is 14.9. The van der Waals surface area contributed by atoms with Crippen LogP contribution in [0.5, 0.6) is 0 Å². The zero-order valence-corrected chi connectivity index (χ0v) is 18.1. The van der Waals surface area contributed by atoms with Gasteiger partial charge in [-0.1, -0.05) is 60.3 Å². The standard InChI is InChI=1S/C23H23N5OS/c1-4-27(20-11-7-9-18-8-5-6-10-19(18)20)22(29)15-30-23-24-25-26-28(23)21-14-16(2)12-13-17(21)3/h5-14H,4,15H2,1-3H3. The molecule has 7 heteroatoms. The van der Waals surface area contributed by atoms with E-state index < -0.39 is 0 Å². The van der Waals surface area contributed by atoms with Crippen LogP contribution in [0.3, 0.4) is 0 Å². The summed E-state index contributed by atoms with van der Waals surface area (Å²) in [6, 6.07) is 20.3. The van der Waals surface area contributed by atoms with E-state index in [0.29, 0.717) is 11.7 Å². The molecule has 0 spiro atoms. The van der Waals surface area contributed by atoms with E-state index in [2.05, 4.69) is 39.8 Å². The summed E-state index contributed by atoms with van der Waals surface area (Å²) < 4.78 is 1.70. The van der Waals surface area contributed by atoms with Crippen LogP contribution < -0.4 is 4.90 Å². The van der Waals surface area contributed by atoms with E-state index in [0.717, 1.165) is 33.3 Å². The summed E-state index contributed by atoms with van der Waals surface area (Å²) in [6.07, 6.45) is 0. The third-order valence-corrected chi connectivity index (χ3v) is 5.94. The number of carbonyl (C=O) groups is 1. The van der Waals surface area contributed by atoms with Crippen molar-refractivity contribution in [1.29, 1.82) is 0 Å². The normalized spacial score (nSPS) is 11.0. The van der Waals surface area contributed by atoms with Gasteiger partial charge < -0.3 is 4.90 Å². The van der Waals surface area contributed by atoms with Crippen molar-refractivity contribution in [3.05, 3.63) is 71.8 Å². The predicted molar refractivity (Wildman–Crippen MR) is 121 cm³/mol. The van der Waals surface area contributed by atoms with Crippen molar-refractivity contribution in [1.82, 2.24) is 20.2 Å². The molecular formula is C23H23N5OS. The van der Waals surface area contributed by atoms with Crippen molar-refractivity contribution in [2.24, 2.45) is 0 Å². The fraction of sp³-hybridized carbons (Fsp3) is 0.217. The molecule has 0 fully saturated rings. The molecule has 0 saturated carbocycles. The van der Waals surface area contributed by atoms with E-state index in [-0.39, 0.29) is 11.7 Å². The molecule has 1 amide bonds. The summed E-state index contributed by atoms with van der Waals surface area (Å²) in [5.41, 5.74) is 4.06. The third-order valence-electron chi connectivity index (χ3n) is 5.03. The summed E-state index contributed by atoms with van der Waals surface area (Å²) in [6.45, 7) is 6.64. The minimum atomic E-state index is 0.0226. The van der Waals surface area contributed by atoms with Crippen molar-refractivity contribution in [3.63, 3.8) is 0 Å². The van der Waals surface area contributed by atoms with Crippen LogP contribution in [0.2, 0.25) is 0 Å². The predicted octanol–water partition coefficient (Wildman–Crippen LogP) is 4.58. The van der Waals surface area contributed by atoms with Gasteiger partial charge in [0, 0.05) is 11.9 Å². The number of benzene rings is 3. The van der Waals surface area contributed by atoms with Crippen LogP contribution in [-0.2, 0) is 4.79 Å². The van der Waals surface area contributed by atoms with E-state index in [1.165, 1.54) is 11.8 Å². The average Bonchev–Trinajstić information content (AvgIpc) is 3.23. The monoisotopic (exact) mass is 417 g/mol. The van der Waals surface area contributed by atoms with Gasteiger partial charge in [-0.15, -0.1) is 5.10 Å². The van der Waals surface area contributed by atoms with E-state index in [1.54, 1.807) is 4.68 Å². The molecular weight excluding hydrogens is 394 g/mol. The van der Waals surface area contributed by atoms with Gasteiger partial charge in [-0.2, -0.15) is 4.68 Å². The molecule has 0 saturated heterocycles. The number of thioether (sulfide) groups is 1. The highest BCUT2D eigenvalue weighted by Crippen LogP contribution is 2.28. The van der Waals surface area contributed by atoms with Gasteiger partial charge in [0.05, 0.1) is 17.1 Å². The molecule has 1 heterocycles. The molecule has 4 aromatic rings.